The van der Waals surface area contributed by atoms with Gasteiger partial charge >= 0.3 is 0 Å². The van der Waals surface area contributed by atoms with Crippen molar-refractivity contribution in [1.82, 2.24) is 25.1 Å². The average Bonchev–Trinajstić information content (AvgIpc) is 2.95. The van der Waals surface area contributed by atoms with Crippen molar-refractivity contribution in [1.29, 1.82) is 0 Å². The van der Waals surface area contributed by atoms with E-state index in [0.717, 1.165) is 35.8 Å². The van der Waals surface area contributed by atoms with Gasteiger partial charge in [0.2, 0.25) is 0 Å². The Morgan fingerprint density at radius 2 is 2.09 bits per heavy atom. The molecule has 23 heavy (non-hydrogen) atoms. The number of aromatic nitrogens is 4. The van der Waals surface area contributed by atoms with E-state index in [4.69, 9.17) is 0 Å². The number of fused-ring (bicyclic) bond motifs is 1. The van der Waals surface area contributed by atoms with Crippen LogP contribution in [0.5, 0.6) is 0 Å². The predicted molar refractivity (Wildman–Crippen MR) is 87.5 cm³/mol. The van der Waals surface area contributed by atoms with Gasteiger partial charge in [0.05, 0.1) is 0 Å². The van der Waals surface area contributed by atoms with E-state index in [1.165, 1.54) is 0 Å². The number of amides is 1. The maximum absolute atomic E-state index is 11.6. The van der Waals surface area contributed by atoms with E-state index < -0.39 is 0 Å². The summed E-state index contributed by atoms with van der Waals surface area (Å²) in [5.41, 5.74) is 2.50. The summed E-state index contributed by atoms with van der Waals surface area (Å²) in [5, 5.41) is 18.3. The minimum absolute atomic E-state index is 0.0741. The first-order valence-corrected chi connectivity index (χ1v) is 7.41. The molecule has 0 saturated heterocycles. The molecule has 0 aliphatic carbocycles. The highest BCUT2D eigenvalue weighted by Gasteiger charge is 2.05. The summed E-state index contributed by atoms with van der Waals surface area (Å²) in [7, 11) is 1.63. The van der Waals surface area contributed by atoms with E-state index in [-0.39, 0.29) is 5.91 Å². The smallest absolute Gasteiger partial charge is 0.251 e. The topological polar surface area (TPSA) is 84.2 Å². The number of rotatable bonds is 5. The molecule has 3 rings (SSSR count). The quantitative estimate of drug-likeness (QED) is 0.745. The minimum Gasteiger partial charge on any atom is -0.368 e. The molecule has 118 valence electrons. The van der Waals surface area contributed by atoms with Gasteiger partial charge in [0.25, 0.3) is 5.91 Å². The van der Waals surface area contributed by atoms with Gasteiger partial charge in [0.1, 0.15) is 5.82 Å². The summed E-state index contributed by atoms with van der Waals surface area (Å²) in [4.78, 5) is 11.6. The van der Waals surface area contributed by atoms with Crippen LogP contribution in [0, 0.1) is 6.92 Å². The summed E-state index contributed by atoms with van der Waals surface area (Å²) in [5.74, 6) is 1.44. The van der Waals surface area contributed by atoms with Crippen LogP contribution in [0.15, 0.2) is 36.4 Å². The number of aryl methyl sites for hydroxylation is 1. The van der Waals surface area contributed by atoms with Gasteiger partial charge in [-0.15, -0.1) is 15.3 Å². The molecular weight excluding hydrogens is 292 g/mol. The number of hydrogen-bond acceptors (Lipinski definition) is 5. The Labute approximate surface area is 133 Å². The highest BCUT2D eigenvalue weighted by molar-refractivity contribution is 5.94. The highest BCUT2D eigenvalue weighted by Crippen LogP contribution is 2.09. The molecule has 0 atom stereocenters. The Balaban J connectivity index is 1.64. The van der Waals surface area contributed by atoms with Gasteiger partial charge in [-0.25, -0.2) is 0 Å². The van der Waals surface area contributed by atoms with Crippen LogP contribution in [0.4, 0.5) is 5.82 Å². The second kappa shape index (κ2) is 6.43. The van der Waals surface area contributed by atoms with Crippen LogP contribution in [0.3, 0.4) is 0 Å². The molecule has 0 bridgehead atoms. The van der Waals surface area contributed by atoms with Crippen LogP contribution in [-0.4, -0.2) is 39.3 Å². The molecule has 2 aromatic heterocycles. The molecular formula is C16H18N6O. The number of carbonyl (C=O) groups excluding carboxylic acids is 1. The van der Waals surface area contributed by atoms with Gasteiger partial charge in [0.15, 0.2) is 11.5 Å². The normalized spacial score (nSPS) is 10.7. The fraction of sp³-hybridized carbons (Fsp3) is 0.250. The van der Waals surface area contributed by atoms with E-state index in [0.29, 0.717) is 5.56 Å². The molecule has 7 heteroatoms. The Hall–Kier alpha value is -2.96. The van der Waals surface area contributed by atoms with E-state index in [2.05, 4.69) is 25.9 Å². The Kier molecular flexibility index (Phi) is 4.18. The van der Waals surface area contributed by atoms with Crippen molar-refractivity contribution in [3.63, 3.8) is 0 Å². The Morgan fingerprint density at radius 3 is 2.91 bits per heavy atom. The van der Waals surface area contributed by atoms with Crippen molar-refractivity contribution in [3.8, 4) is 0 Å². The average molecular weight is 310 g/mol. The molecule has 1 amide bonds. The first kappa shape index (κ1) is 15.0. The standard InChI is InChI=1S/C16H18N6O/c1-11-19-20-15-7-6-14(21-22(11)15)18-9-8-12-4-3-5-13(10-12)16(23)17-2/h3-7,10H,8-9H2,1-2H3,(H,17,23)(H,18,21). The number of nitrogens with one attached hydrogen (secondary N) is 2. The third-order valence-corrected chi connectivity index (χ3v) is 3.55. The molecule has 2 heterocycles. The highest BCUT2D eigenvalue weighted by atomic mass is 16.1. The first-order valence-electron chi connectivity index (χ1n) is 7.41. The summed E-state index contributed by atoms with van der Waals surface area (Å²) in [6, 6.07) is 11.4. The van der Waals surface area contributed by atoms with Crippen molar-refractivity contribution in [2.75, 3.05) is 18.9 Å². The molecule has 0 radical (unpaired) electrons. The summed E-state index contributed by atoms with van der Waals surface area (Å²) < 4.78 is 1.70. The second-order valence-electron chi connectivity index (χ2n) is 5.19. The lowest BCUT2D eigenvalue weighted by atomic mass is 10.1. The summed E-state index contributed by atoms with van der Waals surface area (Å²) in [6.45, 7) is 2.58. The number of benzene rings is 1. The van der Waals surface area contributed by atoms with Gasteiger partial charge in [0, 0.05) is 19.2 Å². The second-order valence-corrected chi connectivity index (χ2v) is 5.19. The molecule has 0 unspecified atom stereocenters. The lowest BCUT2D eigenvalue weighted by Gasteiger charge is -2.07. The van der Waals surface area contributed by atoms with Crippen molar-refractivity contribution < 1.29 is 4.79 Å². The molecule has 0 fully saturated rings. The Bertz CT molecular complexity index is 841. The summed E-state index contributed by atoms with van der Waals surface area (Å²) >= 11 is 0. The van der Waals surface area contributed by atoms with Gasteiger partial charge in [-0.1, -0.05) is 12.1 Å². The monoisotopic (exact) mass is 310 g/mol. The molecule has 0 saturated carbocycles. The van der Waals surface area contributed by atoms with Crippen LogP contribution < -0.4 is 10.6 Å². The molecule has 0 aliphatic rings. The zero-order chi connectivity index (χ0) is 16.2. The van der Waals surface area contributed by atoms with Crippen LogP contribution in [0.1, 0.15) is 21.7 Å². The minimum atomic E-state index is -0.0741. The summed E-state index contributed by atoms with van der Waals surface area (Å²) in [6.07, 6.45) is 0.797. The van der Waals surface area contributed by atoms with E-state index >= 15 is 0 Å². The zero-order valence-electron chi connectivity index (χ0n) is 13.1. The van der Waals surface area contributed by atoms with Gasteiger partial charge in [-0.05, 0) is 43.2 Å². The third-order valence-electron chi connectivity index (χ3n) is 3.55. The fourth-order valence-corrected chi connectivity index (χ4v) is 2.34. The molecule has 3 aromatic rings. The van der Waals surface area contributed by atoms with E-state index in [9.17, 15) is 4.79 Å². The van der Waals surface area contributed by atoms with Crippen LogP contribution >= 0.6 is 0 Å². The molecule has 1 aromatic carbocycles. The van der Waals surface area contributed by atoms with E-state index in [1.807, 2.05) is 37.3 Å². The zero-order valence-corrected chi connectivity index (χ0v) is 13.1. The number of hydrogen-bond donors (Lipinski definition) is 2. The van der Waals surface area contributed by atoms with Crippen LogP contribution in [0.25, 0.3) is 5.65 Å². The van der Waals surface area contributed by atoms with Crippen LogP contribution in [0.2, 0.25) is 0 Å². The van der Waals surface area contributed by atoms with Gasteiger partial charge in [-0.2, -0.15) is 4.52 Å². The van der Waals surface area contributed by atoms with E-state index in [1.54, 1.807) is 17.6 Å². The lowest BCUT2D eigenvalue weighted by Crippen LogP contribution is -2.18. The number of nitrogens with zero attached hydrogens (tertiary/aromatic N) is 4. The molecule has 0 aliphatic heterocycles. The van der Waals surface area contributed by atoms with Gasteiger partial charge < -0.3 is 10.6 Å². The molecule has 0 spiro atoms. The maximum Gasteiger partial charge on any atom is 0.251 e. The first-order chi connectivity index (χ1) is 11.2. The van der Waals surface area contributed by atoms with Crippen molar-refractivity contribution in [2.45, 2.75) is 13.3 Å². The molecule has 7 nitrogen and oxygen atoms in total. The van der Waals surface area contributed by atoms with Gasteiger partial charge in [-0.3, -0.25) is 4.79 Å². The van der Waals surface area contributed by atoms with Crippen molar-refractivity contribution in [3.05, 3.63) is 53.3 Å². The predicted octanol–water partition coefficient (Wildman–Crippen LogP) is 1.45. The Morgan fingerprint density at radius 1 is 1.22 bits per heavy atom. The lowest BCUT2D eigenvalue weighted by molar-refractivity contribution is 0.0963. The maximum atomic E-state index is 11.6. The number of carbonyl (C=O) groups is 1. The fourth-order valence-electron chi connectivity index (χ4n) is 2.34. The van der Waals surface area contributed by atoms with Crippen molar-refractivity contribution >= 4 is 17.4 Å². The third kappa shape index (κ3) is 3.28. The van der Waals surface area contributed by atoms with Crippen molar-refractivity contribution in [2.24, 2.45) is 0 Å². The molecule has 2 N–H and O–H groups in total. The van der Waals surface area contributed by atoms with Crippen LogP contribution in [-0.2, 0) is 6.42 Å². The SMILES string of the molecule is CNC(=O)c1cccc(CCNc2ccc3nnc(C)n3n2)c1. The number of anilines is 1. The largest absolute Gasteiger partial charge is 0.368 e.